The van der Waals surface area contributed by atoms with Crippen molar-refractivity contribution in [3.63, 3.8) is 0 Å². The molecule has 4 saturated heterocycles. The van der Waals surface area contributed by atoms with Crippen LogP contribution in [-0.2, 0) is 11.2 Å². The molecule has 1 aromatic rings. The molecule has 6 aliphatic rings. The zero-order chi connectivity index (χ0) is 18.8. The van der Waals surface area contributed by atoms with Crippen LogP contribution >= 0.6 is 15.9 Å². The topological polar surface area (TPSA) is 32.3 Å². The van der Waals surface area contributed by atoms with Gasteiger partial charge in [-0.3, -0.25) is 9.69 Å². The molecule has 0 unspecified atom stereocenters. The number of piperazine rings is 1. The van der Waals surface area contributed by atoms with Gasteiger partial charge >= 0.3 is 0 Å². The predicted octanol–water partition coefficient (Wildman–Crippen LogP) is 4.47. The van der Waals surface area contributed by atoms with Crippen LogP contribution in [0, 0.1) is 18.3 Å². The normalized spacial score (nSPS) is 38.4. The zero-order valence-corrected chi connectivity index (χ0v) is 18.0. The second kappa shape index (κ2) is 4.88. The van der Waals surface area contributed by atoms with E-state index in [0.717, 1.165) is 38.8 Å². The molecule has 27 heavy (non-hydrogen) atoms. The van der Waals surface area contributed by atoms with Gasteiger partial charge in [0.05, 0.1) is 5.54 Å². The first-order valence-corrected chi connectivity index (χ1v) is 11.2. The molecule has 4 heteroatoms. The molecule has 7 rings (SSSR count). The Kier molecular flexibility index (Phi) is 3.04. The third-order valence-electron chi connectivity index (χ3n) is 8.67. The molecule has 0 saturated carbocycles. The van der Waals surface area contributed by atoms with Gasteiger partial charge in [-0.15, -0.1) is 0 Å². The van der Waals surface area contributed by atoms with Crippen LogP contribution < -0.4 is 5.32 Å². The highest BCUT2D eigenvalue weighted by atomic mass is 79.9. The van der Waals surface area contributed by atoms with E-state index >= 15 is 0 Å². The number of amides is 1. The van der Waals surface area contributed by atoms with Crippen LogP contribution in [0.5, 0.6) is 0 Å². The Bertz CT molecular complexity index is 954. The van der Waals surface area contributed by atoms with Gasteiger partial charge in [-0.1, -0.05) is 41.4 Å². The molecule has 2 aliphatic carbocycles. The molecule has 0 radical (unpaired) electrons. The van der Waals surface area contributed by atoms with Crippen LogP contribution in [0.1, 0.15) is 57.6 Å². The lowest BCUT2D eigenvalue weighted by Crippen LogP contribution is -2.81. The fourth-order valence-corrected chi connectivity index (χ4v) is 7.68. The Labute approximate surface area is 171 Å². The SMILES string of the molecule is Cc1cc2c(cc1Br)C1=C(C2)C(C)(C)[C@@H]2C[C@]34CCCN3C[C@@]2(C1)NC4=O.[HH]. The van der Waals surface area contributed by atoms with Gasteiger partial charge < -0.3 is 5.32 Å². The number of halogens is 1. The van der Waals surface area contributed by atoms with Crippen molar-refractivity contribution >= 4 is 27.4 Å². The molecule has 1 N–H and O–H groups in total. The van der Waals surface area contributed by atoms with E-state index in [1.54, 1.807) is 5.57 Å². The van der Waals surface area contributed by atoms with Crippen LogP contribution in [-0.4, -0.2) is 35.0 Å². The summed E-state index contributed by atoms with van der Waals surface area (Å²) in [6.45, 7) is 9.21. The maximum atomic E-state index is 13.2. The van der Waals surface area contributed by atoms with Crippen molar-refractivity contribution in [2.24, 2.45) is 11.3 Å². The Balaban J connectivity index is 0.00000171. The number of allylic oxidation sites excluding steroid dienone is 1. The second-order valence-corrected chi connectivity index (χ2v) is 11.1. The van der Waals surface area contributed by atoms with Gasteiger partial charge in [0.25, 0.3) is 0 Å². The third kappa shape index (κ3) is 1.85. The van der Waals surface area contributed by atoms with Gasteiger partial charge in [0.2, 0.25) is 5.91 Å². The minimum absolute atomic E-state index is 0. The van der Waals surface area contributed by atoms with Gasteiger partial charge in [0.1, 0.15) is 5.54 Å². The lowest BCUT2D eigenvalue weighted by molar-refractivity contribution is -0.161. The van der Waals surface area contributed by atoms with Gasteiger partial charge in [0, 0.05) is 12.4 Å². The average molecular weight is 429 g/mol. The number of fused-ring (bicyclic) bond motifs is 3. The molecule has 3 atom stereocenters. The molecule has 3 nitrogen and oxygen atoms in total. The molecule has 4 heterocycles. The summed E-state index contributed by atoms with van der Waals surface area (Å²) >= 11 is 3.75. The fraction of sp³-hybridized carbons (Fsp3) is 0.609. The van der Waals surface area contributed by atoms with Gasteiger partial charge in [-0.2, -0.15) is 0 Å². The van der Waals surface area contributed by atoms with Gasteiger partial charge in [-0.05, 0) is 85.2 Å². The number of benzene rings is 1. The summed E-state index contributed by atoms with van der Waals surface area (Å²) in [5.74, 6) is 0.848. The Hall–Kier alpha value is -1.13. The summed E-state index contributed by atoms with van der Waals surface area (Å²) in [5, 5.41) is 3.59. The zero-order valence-electron chi connectivity index (χ0n) is 16.4. The number of aryl methyl sites for hydroxylation is 1. The Morgan fingerprint density at radius 3 is 2.96 bits per heavy atom. The average Bonchev–Trinajstić information content (AvgIpc) is 3.17. The minimum atomic E-state index is -0.215. The van der Waals surface area contributed by atoms with Crippen molar-refractivity contribution in [1.82, 2.24) is 10.2 Å². The maximum Gasteiger partial charge on any atom is 0.241 e. The van der Waals surface area contributed by atoms with Gasteiger partial charge in [-0.25, -0.2) is 0 Å². The minimum Gasteiger partial charge on any atom is -0.347 e. The molecule has 144 valence electrons. The van der Waals surface area contributed by atoms with Crippen molar-refractivity contribution in [1.29, 1.82) is 0 Å². The quantitative estimate of drug-likeness (QED) is 0.660. The molecular formula is C23H29BrN2O. The standard InChI is InChI=1S/C23H27BrN2O.H2/c1-13-7-14-8-17-16(15(14)9-18(13)24)10-22-12-26-6-4-5-23(26,20(27)25-22)11-19(22)21(17,2)3;/h7,9,19H,4-6,8,10-12H2,1-3H3,(H,25,27);1H/t19-,22+,23-;/m0./s1. The monoisotopic (exact) mass is 428 g/mol. The molecule has 4 aliphatic heterocycles. The highest BCUT2D eigenvalue weighted by Gasteiger charge is 2.68. The number of hydrogen-bond donors (Lipinski definition) is 1. The van der Waals surface area contributed by atoms with Crippen molar-refractivity contribution in [3.8, 4) is 0 Å². The van der Waals surface area contributed by atoms with Crippen molar-refractivity contribution in [3.05, 3.63) is 38.9 Å². The molecule has 2 bridgehead atoms. The largest absolute Gasteiger partial charge is 0.347 e. The van der Waals surface area contributed by atoms with E-state index in [1.807, 2.05) is 0 Å². The smallest absolute Gasteiger partial charge is 0.241 e. The summed E-state index contributed by atoms with van der Waals surface area (Å²) in [4.78, 5) is 15.7. The maximum absolute atomic E-state index is 13.2. The Morgan fingerprint density at radius 1 is 1.33 bits per heavy atom. The number of hydrogen-bond acceptors (Lipinski definition) is 2. The fourth-order valence-electron chi connectivity index (χ4n) is 7.34. The Morgan fingerprint density at radius 2 is 2.15 bits per heavy atom. The summed E-state index contributed by atoms with van der Waals surface area (Å²) in [6, 6.07) is 4.69. The highest BCUT2D eigenvalue weighted by Crippen LogP contribution is 2.63. The van der Waals surface area contributed by atoms with E-state index in [0.29, 0.717) is 11.8 Å². The molecule has 4 fully saturated rings. The molecular weight excluding hydrogens is 400 g/mol. The van der Waals surface area contributed by atoms with Crippen LogP contribution in [0.15, 0.2) is 22.2 Å². The first-order chi connectivity index (χ1) is 12.8. The van der Waals surface area contributed by atoms with E-state index in [-0.39, 0.29) is 17.9 Å². The molecule has 1 aromatic carbocycles. The van der Waals surface area contributed by atoms with Gasteiger partial charge in [0.15, 0.2) is 0 Å². The lowest BCUT2D eigenvalue weighted by Gasteiger charge is -2.66. The number of piperidine rings is 2. The first kappa shape index (κ1) is 16.8. The van der Waals surface area contributed by atoms with Crippen LogP contribution in [0.4, 0.5) is 0 Å². The van der Waals surface area contributed by atoms with E-state index in [9.17, 15) is 4.79 Å². The lowest BCUT2D eigenvalue weighted by atomic mass is 9.50. The summed E-state index contributed by atoms with van der Waals surface area (Å²) in [7, 11) is 0. The van der Waals surface area contributed by atoms with E-state index in [4.69, 9.17) is 0 Å². The summed E-state index contributed by atoms with van der Waals surface area (Å²) < 4.78 is 1.20. The van der Waals surface area contributed by atoms with Crippen LogP contribution in [0.25, 0.3) is 5.57 Å². The predicted molar refractivity (Wildman–Crippen MR) is 113 cm³/mol. The summed E-state index contributed by atoms with van der Waals surface area (Å²) in [5.41, 5.74) is 7.18. The molecule has 2 spiro atoms. The number of carbonyl (C=O) groups excluding carboxylic acids is 1. The van der Waals surface area contributed by atoms with Crippen molar-refractivity contribution in [2.75, 3.05) is 13.1 Å². The van der Waals surface area contributed by atoms with Crippen molar-refractivity contribution in [2.45, 2.75) is 64.0 Å². The second-order valence-electron chi connectivity index (χ2n) is 10.2. The van der Waals surface area contributed by atoms with Crippen molar-refractivity contribution < 1.29 is 6.22 Å². The van der Waals surface area contributed by atoms with E-state index < -0.39 is 0 Å². The number of nitrogens with zero attached hydrogens (tertiary/aromatic N) is 1. The molecule has 1 amide bonds. The number of nitrogens with one attached hydrogen (secondary N) is 1. The van der Waals surface area contributed by atoms with Crippen LogP contribution in [0.3, 0.4) is 0 Å². The first-order valence-electron chi connectivity index (χ1n) is 10.4. The van der Waals surface area contributed by atoms with Crippen LogP contribution in [0.2, 0.25) is 0 Å². The van der Waals surface area contributed by atoms with E-state index in [1.165, 1.54) is 33.2 Å². The van der Waals surface area contributed by atoms with E-state index in [2.05, 4.69) is 59.1 Å². The highest BCUT2D eigenvalue weighted by molar-refractivity contribution is 9.10. The summed E-state index contributed by atoms with van der Waals surface area (Å²) in [6.07, 6.45) is 5.33. The molecule has 0 aromatic heterocycles. The number of rotatable bonds is 0. The third-order valence-corrected chi connectivity index (χ3v) is 9.53. The number of carbonyl (C=O) groups is 1.